The number of rotatable bonds is 5. The lowest BCUT2D eigenvalue weighted by molar-refractivity contribution is 0.246. The first-order chi connectivity index (χ1) is 12.2. The summed E-state index contributed by atoms with van der Waals surface area (Å²) in [5.74, 6) is 0.925. The Morgan fingerprint density at radius 3 is 2.60 bits per heavy atom. The van der Waals surface area contributed by atoms with Crippen LogP contribution in [0, 0.1) is 11.3 Å². The number of hydrogen-bond acceptors (Lipinski definition) is 6. The van der Waals surface area contributed by atoms with E-state index in [4.69, 9.17) is 10.00 Å². The van der Waals surface area contributed by atoms with Gasteiger partial charge in [-0.2, -0.15) is 5.26 Å². The van der Waals surface area contributed by atoms with Gasteiger partial charge in [0, 0.05) is 32.7 Å². The van der Waals surface area contributed by atoms with Gasteiger partial charge in [0.25, 0.3) is 0 Å². The molecule has 1 aliphatic rings. The Hall–Kier alpha value is -2.23. The average molecular weight is 354 g/mol. The van der Waals surface area contributed by atoms with E-state index in [1.165, 1.54) is 11.8 Å². The Balaban J connectivity index is 1.62. The van der Waals surface area contributed by atoms with Crippen LogP contribution in [0.2, 0.25) is 0 Å². The number of piperazine rings is 1. The summed E-state index contributed by atoms with van der Waals surface area (Å²) < 4.78 is 5.47. The Bertz CT molecular complexity index is 766. The van der Waals surface area contributed by atoms with Crippen molar-refractivity contribution in [2.24, 2.45) is 0 Å². The third kappa shape index (κ3) is 4.06. The Morgan fingerprint density at radius 2 is 1.92 bits per heavy atom. The molecule has 0 spiro atoms. The molecule has 0 radical (unpaired) electrons. The van der Waals surface area contributed by atoms with Gasteiger partial charge in [-0.15, -0.1) is 11.8 Å². The maximum absolute atomic E-state index is 9.11. The topological polar surface area (TPSA) is 52.4 Å². The molecule has 0 atom stereocenters. The van der Waals surface area contributed by atoms with Crippen LogP contribution in [0.5, 0.6) is 5.75 Å². The molecule has 3 rings (SSSR count). The van der Waals surface area contributed by atoms with Crippen LogP contribution >= 0.6 is 11.8 Å². The zero-order valence-electron chi connectivity index (χ0n) is 14.6. The Kier molecular flexibility index (Phi) is 5.79. The second-order valence-electron chi connectivity index (χ2n) is 5.91. The first kappa shape index (κ1) is 17.6. The highest BCUT2D eigenvalue weighted by Gasteiger charge is 2.20. The monoisotopic (exact) mass is 354 g/mol. The SMILES string of the molecule is COc1ccccc1N1CCN(Cc2ccc(C#N)c(SC)n2)CC1. The molecule has 2 heterocycles. The van der Waals surface area contributed by atoms with Gasteiger partial charge in [-0.05, 0) is 30.5 Å². The van der Waals surface area contributed by atoms with Crippen LogP contribution in [0.4, 0.5) is 5.69 Å². The van der Waals surface area contributed by atoms with Gasteiger partial charge in [-0.3, -0.25) is 4.90 Å². The van der Waals surface area contributed by atoms with Crippen LogP contribution in [0.1, 0.15) is 11.3 Å². The van der Waals surface area contributed by atoms with Crippen LogP contribution in [0.3, 0.4) is 0 Å². The van der Waals surface area contributed by atoms with Crippen molar-refractivity contribution in [1.82, 2.24) is 9.88 Å². The van der Waals surface area contributed by atoms with E-state index in [0.29, 0.717) is 5.56 Å². The third-order valence-electron chi connectivity index (χ3n) is 4.42. The number of hydrogen-bond donors (Lipinski definition) is 0. The molecule has 5 nitrogen and oxygen atoms in total. The first-order valence-corrected chi connectivity index (χ1v) is 9.52. The number of nitriles is 1. The number of methoxy groups -OCH3 is 1. The molecule has 2 aromatic rings. The minimum Gasteiger partial charge on any atom is -0.495 e. The molecule has 1 saturated heterocycles. The van der Waals surface area contributed by atoms with Gasteiger partial charge in [0.15, 0.2) is 0 Å². The summed E-state index contributed by atoms with van der Waals surface area (Å²) in [7, 11) is 1.72. The lowest BCUT2D eigenvalue weighted by Crippen LogP contribution is -2.46. The van der Waals surface area contributed by atoms with Gasteiger partial charge in [0.1, 0.15) is 16.8 Å². The zero-order chi connectivity index (χ0) is 17.6. The van der Waals surface area contributed by atoms with Gasteiger partial charge in [-0.25, -0.2) is 4.98 Å². The molecule has 0 unspecified atom stereocenters. The van der Waals surface area contributed by atoms with E-state index < -0.39 is 0 Å². The quantitative estimate of drug-likeness (QED) is 0.770. The molecule has 0 aliphatic carbocycles. The average Bonchev–Trinajstić information content (AvgIpc) is 2.68. The standard InChI is InChI=1S/C19H22N4OS/c1-24-18-6-4-3-5-17(18)23-11-9-22(10-12-23)14-16-8-7-15(13-20)19(21-16)25-2/h3-8H,9-12,14H2,1-2H3. The lowest BCUT2D eigenvalue weighted by atomic mass is 10.2. The fourth-order valence-electron chi connectivity index (χ4n) is 3.07. The zero-order valence-corrected chi connectivity index (χ0v) is 15.4. The van der Waals surface area contributed by atoms with Gasteiger partial charge in [-0.1, -0.05) is 12.1 Å². The van der Waals surface area contributed by atoms with E-state index in [1.54, 1.807) is 7.11 Å². The molecule has 0 N–H and O–H groups in total. The highest BCUT2D eigenvalue weighted by Crippen LogP contribution is 2.28. The van der Waals surface area contributed by atoms with Crippen LogP contribution in [0.25, 0.3) is 0 Å². The van der Waals surface area contributed by atoms with E-state index in [0.717, 1.165) is 54.9 Å². The fraction of sp³-hybridized carbons (Fsp3) is 0.368. The van der Waals surface area contributed by atoms with E-state index in [2.05, 4.69) is 33.0 Å². The summed E-state index contributed by atoms with van der Waals surface area (Å²) >= 11 is 1.52. The first-order valence-electron chi connectivity index (χ1n) is 8.29. The molecule has 130 valence electrons. The van der Waals surface area contributed by atoms with E-state index in [-0.39, 0.29) is 0 Å². The van der Waals surface area contributed by atoms with Crippen molar-refractivity contribution in [3.63, 3.8) is 0 Å². The van der Waals surface area contributed by atoms with E-state index in [9.17, 15) is 0 Å². The predicted octanol–water partition coefficient (Wildman–Crippen LogP) is 3.01. The number of thioether (sulfide) groups is 1. The van der Waals surface area contributed by atoms with Crippen LogP contribution in [0.15, 0.2) is 41.4 Å². The van der Waals surface area contributed by atoms with E-state index >= 15 is 0 Å². The number of aromatic nitrogens is 1. The third-order valence-corrected chi connectivity index (χ3v) is 5.11. The van der Waals surface area contributed by atoms with Crippen molar-refractivity contribution in [3.05, 3.63) is 47.7 Å². The summed E-state index contributed by atoms with van der Waals surface area (Å²) in [5.41, 5.74) is 2.83. The highest BCUT2D eigenvalue weighted by molar-refractivity contribution is 7.98. The van der Waals surface area contributed by atoms with Crippen molar-refractivity contribution in [1.29, 1.82) is 5.26 Å². The second-order valence-corrected chi connectivity index (χ2v) is 6.70. The van der Waals surface area contributed by atoms with Crippen molar-refractivity contribution in [2.75, 3.05) is 44.4 Å². The summed E-state index contributed by atoms with van der Waals surface area (Å²) in [4.78, 5) is 9.40. The molecular weight excluding hydrogens is 332 g/mol. The van der Waals surface area contributed by atoms with Crippen molar-refractivity contribution < 1.29 is 4.74 Å². The normalized spacial score (nSPS) is 15.0. The van der Waals surface area contributed by atoms with Crippen molar-refractivity contribution in [3.8, 4) is 11.8 Å². The van der Waals surface area contributed by atoms with Crippen LogP contribution in [-0.4, -0.2) is 49.4 Å². The second kappa shape index (κ2) is 8.24. The molecule has 0 amide bonds. The van der Waals surface area contributed by atoms with Gasteiger partial charge in [0.2, 0.25) is 0 Å². The van der Waals surface area contributed by atoms with Crippen molar-refractivity contribution >= 4 is 17.4 Å². The largest absolute Gasteiger partial charge is 0.495 e. The van der Waals surface area contributed by atoms with Gasteiger partial charge >= 0.3 is 0 Å². The summed E-state index contributed by atoms with van der Waals surface area (Å²) in [5, 5.41) is 9.93. The van der Waals surface area contributed by atoms with Gasteiger partial charge < -0.3 is 9.64 Å². The number of ether oxygens (including phenoxy) is 1. The molecular formula is C19H22N4OS. The maximum atomic E-state index is 9.11. The van der Waals surface area contributed by atoms with Crippen molar-refractivity contribution in [2.45, 2.75) is 11.6 Å². The molecule has 1 aromatic heterocycles. The summed E-state index contributed by atoms with van der Waals surface area (Å²) in [6.07, 6.45) is 1.96. The van der Waals surface area contributed by atoms with E-state index in [1.807, 2.05) is 30.5 Å². The van der Waals surface area contributed by atoms with Gasteiger partial charge in [0.05, 0.1) is 24.1 Å². The minimum absolute atomic E-state index is 0.650. The Morgan fingerprint density at radius 1 is 1.16 bits per heavy atom. The number of pyridine rings is 1. The minimum atomic E-state index is 0.650. The smallest absolute Gasteiger partial charge is 0.142 e. The molecule has 25 heavy (non-hydrogen) atoms. The number of benzene rings is 1. The maximum Gasteiger partial charge on any atom is 0.142 e. The summed E-state index contributed by atoms with van der Waals surface area (Å²) in [6.45, 7) is 4.71. The fourth-order valence-corrected chi connectivity index (χ4v) is 3.62. The highest BCUT2D eigenvalue weighted by atomic mass is 32.2. The molecule has 1 aliphatic heterocycles. The molecule has 0 saturated carbocycles. The predicted molar refractivity (Wildman–Crippen MR) is 101 cm³/mol. The number of anilines is 1. The summed E-state index contributed by atoms with van der Waals surface area (Å²) in [6, 6.07) is 14.2. The number of para-hydroxylation sites is 2. The molecule has 1 fully saturated rings. The molecule has 1 aromatic carbocycles. The number of nitrogens with zero attached hydrogens (tertiary/aromatic N) is 4. The molecule has 0 bridgehead atoms. The van der Waals surface area contributed by atoms with Crippen LogP contribution < -0.4 is 9.64 Å². The van der Waals surface area contributed by atoms with Crippen LogP contribution in [-0.2, 0) is 6.54 Å². The molecule has 6 heteroatoms. The lowest BCUT2D eigenvalue weighted by Gasteiger charge is -2.36. The Labute approximate surface area is 153 Å².